The van der Waals surface area contributed by atoms with Gasteiger partial charge in [0.1, 0.15) is 10.0 Å². The van der Waals surface area contributed by atoms with Gasteiger partial charge in [-0.25, -0.2) is 0 Å². The van der Waals surface area contributed by atoms with Gasteiger partial charge in [0.2, 0.25) is 5.91 Å². The van der Waals surface area contributed by atoms with Crippen LogP contribution < -0.4 is 5.32 Å². The van der Waals surface area contributed by atoms with Gasteiger partial charge < -0.3 is 5.32 Å². The molecule has 0 bridgehead atoms. The lowest BCUT2D eigenvalue weighted by Gasteiger charge is -1.96. The highest BCUT2D eigenvalue weighted by Gasteiger charge is 2.09. The summed E-state index contributed by atoms with van der Waals surface area (Å²) in [5.41, 5.74) is 0.795. The molecule has 0 atom stereocenters. The second kappa shape index (κ2) is 5.53. The maximum absolute atomic E-state index is 10.8. The Morgan fingerprint density at radius 2 is 2.05 bits per heavy atom. The molecule has 0 aliphatic heterocycles. The topological polar surface area (TPSA) is 98.0 Å². The second-order valence-electron chi connectivity index (χ2n) is 3.71. The summed E-state index contributed by atoms with van der Waals surface area (Å²) < 4.78 is 0. The van der Waals surface area contributed by atoms with E-state index in [1.807, 2.05) is 0 Å². The summed E-state index contributed by atoms with van der Waals surface area (Å²) in [5.74, 6) is -0.132. The number of nitro groups is 1. The largest absolute Gasteiger partial charge is 0.350 e. The standard InChI is InChI=1S/C11H10N4O3S/c1-7(16)12-6-10-13-14-11(19-10)8-2-4-9(5-3-8)15(17)18/h2-5H,6H2,1H3,(H,12,16). The number of carbonyl (C=O) groups excluding carboxylic acids is 1. The summed E-state index contributed by atoms with van der Waals surface area (Å²) >= 11 is 1.34. The molecule has 7 nitrogen and oxygen atoms in total. The highest BCUT2D eigenvalue weighted by Crippen LogP contribution is 2.25. The first-order chi connectivity index (χ1) is 9.06. The van der Waals surface area contributed by atoms with E-state index in [4.69, 9.17) is 0 Å². The Kier molecular flexibility index (Phi) is 3.81. The molecule has 0 saturated heterocycles. The zero-order valence-corrected chi connectivity index (χ0v) is 10.8. The molecule has 1 aromatic carbocycles. The normalized spacial score (nSPS) is 10.2. The van der Waals surface area contributed by atoms with Crippen molar-refractivity contribution in [1.82, 2.24) is 15.5 Å². The molecule has 1 N–H and O–H groups in total. The smallest absolute Gasteiger partial charge is 0.269 e. The number of nitro benzene ring substituents is 1. The molecule has 0 radical (unpaired) electrons. The fraction of sp³-hybridized carbons (Fsp3) is 0.182. The van der Waals surface area contributed by atoms with Crippen molar-refractivity contribution in [2.45, 2.75) is 13.5 Å². The molecule has 2 rings (SSSR count). The van der Waals surface area contributed by atoms with Crippen LogP contribution in [0.3, 0.4) is 0 Å². The van der Waals surface area contributed by atoms with Gasteiger partial charge in [0.05, 0.1) is 11.5 Å². The molecule has 0 aliphatic rings. The minimum Gasteiger partial charge on any atom is -0.350 e. The first-order valence-corrected chi connectivity index (χ1v) is 6.19. The minimum absolute atomic E-state index is 0.0340. The molecule has 0 aliphatic carbocycles. The molecule has 0 fully saturated rings. The van der Waals surface area contributed by atoms with Crippen LogP contribution in [-0.4, -0.2) is 21.0 Å². The number of aromatic nitrogens is 2. The Morgan fingerprint density at radius 3 is 2.63 bits per heavy atom. The lowest BCUT2D eigenvalue weighted by molar-refractivity contribution is -0.384. The van der Waals surface area contributed by atoms with Crippen molar-refractivity contribution < 1.29 is 9.72 Å². The molecule has 0 saturated carbocycles. The molecular weight excluding hydrogens is 268 g/mol. The van der Waals surface area contributed by atoms with E-state index in [1.165, 1.54) is 30.4 Å². The zero-order valence-electron chi connectivity index (χ0n) is 9.99. The van der Waals surface area contributed by atoms with E-state index in [0.29, 0.717) is 16.6 Å². The summed E-state index contributed by atoms with van der Waals surface area (Å²) in [7, 11) is 0. The van der Waals surface area contributed by atoms with E-state index >= 15 is 0 Å². The van der Waals surface area contributed by atoms with Crippen molar-refractivity contribution in [3.63, 3.8) is 0 Å². The average molecular weight is 278 g/mol. The molecule has 0 spiro atoms. The maximum atomic E-state index is 10.8. The van der Waals surface area contributed by atoms with E-state index in [2.05, 4.69) is 15.5 Å². The number of nitrogens with zero attached hydrogens (tertiary/aromatic N) is 3. The third-order valence-electron chi connectivity index (χ3n) is 2.28. The number of hydrogen-bond donors (Lipinski definition) is 1. The highest BCUT2D eigenvalue weighted by molar-refractivity contribution is 7.14. The number of hydrogen-bond acceptors (Lipinski definition) is 6. The van der Waals surface area contributed by atoms with Gasteiger partial charge in [0.25, 0.3) is 5.69 Å². The monoisotopic (exact) mass is 278 g/mol. The van der Waals surface area contributed by atoms with Crippen molar-refractivity contribution in [3.05, 3.63) is 39.4 Å². The van der Waals surface area contributed by atoms with Crippen LogP contribution >= 0.6 is 11.3 Å². The Bertz CT molecular complexity index is 609. The van der Waals surface area contributed by atoms with Gasteiger partial charge in [0.15, 0.2) is 0 Å². The van der Waals surface area contributed by atoms with Crippen molar-refractivity contribution in [2.75, 3.05) is 0 Å². The molecule has 98 valence electrons. The van der Waals surface area contributed by atoms with Gasteiger partial charge in [-0.3, -0.25) is 14.9 Å². The van der Waals surface area contributed by atoms with Crippen LogP contribution in [0.25, 0.3) is 10.6 Å². The van der Waals surface area contributed by atoms with Crippen LogP contribution in [0.4, 0.5) is 5.69 Å². The van der Waals surface area contributed by atoms with Crippen molar-refractivity contribution in [3.8, 4) is 10.6 Å². The van der Waals surface area contributed by atoms with Crippen LogP contribution in [0.5, 0.6) is 0 Å². The van der Waals surface area contributed by atoms with Crippen molar-refractivity contribution in [2.24, 2.45) is 0 Å². The van der Waals surface area contributed by atoms with E-state index < -0.39 is 4.92 Å². The highest BCUT2D eigenvalue weighted by atomic mass is 32.1. The predicted molar refractivity (Wildman–Crippen MR) is 69.5 cm³/mol. The van der Waals surface area contributed by atoms with E-state index in [0.717, 1.165) is 5.56 Å². The SMILES string of the molecule is CC(=O)NCc1nnc(-c2ccc([N+](=O)[O-])cc2)s1. The first-order valence-electron chi connectivity index (χ1n) is 5.38. The molecule has 1 heterocycles. The van der Waals surface area contributed by atoms with Crippen LogP contribution in [0, 0.1) is 10.1 Å². The minimum atomic E-state index is -0.452. The molecule has 8 heteroatoms. The van der Waals surface area contributed by atoms with Crippen molar-refractivity contribution in [1.29, 1.82) is 0 Å². The second-order valence-corrected chi connectivity index (χ2v) is 4.78. The lowest BCUT2D eigenvalue weighted by Crippen LogP contribution is -2.18. The van der Waals surface area contributed by atoms with E-state index in [9.17, 15) is 14.9 Å². The molecule has 1 amide bonds. The summed E-state index contributed by atoms with van der Waals surface area (Å²) in [5, 5.41) is 22.4. The van der Waals surface area contributed by atoms with Crippen LogP contribution in [0.15, 0.2) is 24.3 Å². The van der Waals surface area contributed by atoms with Crippen LogP contribution in [0.2, 0.25) is 0 Å². The molecule has 1 aromatic heterocycles. The van der Waals surface area contributed by atoms with E-state index in [1.54, 1.807) is 12.1 Å². The van der Waals surface area contributed by atoms with Gasteiger partial charge in [0, 0.05) is 24.6 Å². The number of benzene rings is 1. The number of non-ortho nitro benzene ring substituents is 1. The predicted octanol–water partition coefficient (Wildman–Crippen LogP) is 1.75. The Hall–Kier alpha value is -2.35. The number of rotatable bonds is 4. The zero-order chi connectivity index (χ0) is 13.8. The maximum Gasteiger partial charge on any atom is 0.269 e. The molecule has 2 aromatic rings. The van der Waals surface area contributed by atoms with Crippen LogP contribution in [0.1, 0.15) is 11.9 Å². The summed E-state index contributed by atoms with van der Waals surface area (Å²) in [6.45, 7) is 1.76. The third kappa shape index (κ3) is 3.32. The Morgan fingerprint density at radius 1 is 1.37 bits per heavy atom. The fourth-order valence-electron chi connectivity index (χ4n) is 1.37. The van der Waals surface area contributed by atoms with Gasteiger partial charge >= 0.3 is 0 Å². The lowest BCUT2D eigenvalue weighted by atomic mass is 10.2. The Balaban J connectivity index is 2.13. The van der Waals surface area contributed by atoms with Crippen LogP contribution in [-0.2, 0) is 11.3 Å². The fourth-order valence-corrected chi connectivity index (χ4v) is 2.15. The molecular formula is C11H10N4O3S. The molecule has 19 heavy (non-hydrogen) atoms. The summed E-state index contributed by atoms with van der Waals surface area (Å²) in [6.07, 6.45) is 0. The number of carbonyl (C=O) groups is 1. The van der Waals surface area contributed by atoms with E-state index in [-0.39, 0.29) is 11.6 Å². The summed E-state index contributed by atoms with van der Waals surface area (Å²) in [6, 6.07) is 6.09. The quantitative estimate of drug-likeness (QED) is 0.678. The summed E-state index contributed by atoms with van der Waals surface area (Å²) in [4.78, 5) is 20.9. The third-order valence-corrected chi connectivity index (χ3v) is 3.25. The van der Waals surface area contributed by atoms with Gasteiger partial charge in [-0.05, 0) is 12.1 Å². The van der Waals surface area contributed by atoms with Gasteiger partial charge in [-0.2, -0.15) is 0 Å². The molecule has 0 unspecified atom stereocenters. The number of nitrogens with one attached hydrogen (secondary N) is 1. The van der Waals surface area contributed by atoms with Crippen molar-refractivity contribution >= 4 is 22.9 Å². The van der Waals surface area contributed by atoms with Gasteiger partial charge in [-0.15, -0.1) is 10.2 Å². The first kappa shape index (κ1) is 13.1. The Labute approximate surface area is 112 Å². The average Bonchev–Trinajstić information content (AvgIpc) is 2.85. The number of amides is 1. The van der Waals surface area contributed by atoms with Gasteiger partial charge in [-0.1, -0.05) is 11.3 Å².